The lowest BCUT2D eigenvalue weighted by Gasteiger charge is -2.34. The minimum absolute atomic E-state index is 0.176. The minimum atomic E-state index is -4.10. The standard InChI is InChI=1S/C19H23F3N2/c1-14(17-8-4-6-15-5-2-3-7-18(15)17)23-16-9-11-24(12-10-16)13-19(20,21)22/h2-8,14,16,23H,9-13H2,1H3. The second kappa shape index (κ2) is 7.11. The molecule has 1 fully saturated rings. The summed E-state index contributed by atoms with van der Waals surface area (Å²) in [6, 6.07) is 15.0. The molecule has 24 heavy (non-hydrogen) atoms. The minimum Gasteiger partial charge on any atom is -0.307 e. The van der Waals surface area contributed by atoms with E-state index < -0.39 is 12.7 Å². The van der Waals surface area contributed by atoms with Gasteiger partial charge in [0.05, 0.1) is 6.54 Å². The molecule has 2 nitrogen and oxygen atoms in total. The highest BCUT2D eigenvalue weighted by Gasteiger charge is 2.32. The molecular formula is C19H23F3N2. The molecular weight excluding hydrogens is 313 g/mol. The van der Waals surface area contributed by atoms with Crippen molar-refractivity contribution in [1.29, 1.82) is 0 Å². The fraction of sp³-hybridized carbons (Fsp3) is 0.474. The fourth-order valence-electron chi connectivity index (χ4n) is 3.58. The van der Waals surface area contributed by atoms with E-state index in [2.05, 4.69) is 42.6 Å². The van der Waals surface area contributed by atoms with Crippen LogP contribution in [0.15, 0.2) is 42.5 Å². The summed E-state index contributed by atoms with van der Waals surface area (Å²) in [6.07, 6.45) is -2.59. The maximum Gasteiger partial charge on any atom is 0.401 e. The third-order valence-corrected chi connectivity index (χ3v) is 4.77. The molecule has 3 rings (SSSR count). The molecule has 2 aromatic carbocycles. The molecule has 1 N–H and O–H groups in total. The van der Waals surface area contributed by atoms with E-state index >= 15 is 0 Å². The summed E-state index contributed by atoms with van der Waals surface area (Å²) in [5, 5.41) is 6.05. The van der Waals surface area contributed by atoms with Crippen molar-refractivity contribution in [2.45, 2.75) is 38.0 Å². The largest absolute Gasteiger partial charge is 0.401 e. The summed E-state index contributed by atoms with van der Waals surface area (Å²) in [7, 11) is 0. The van der Waals surface area contributed by atoms with Crippen LogP contribution < -0.4 is 5.32 Å². The molecule has 1 atom stereocenters. The van der Waals surface area contributed by atoms with Gasteiger partial charge in [-0.3, -0.25) is 4.90 Å². The van der Waals surface area contributed by atoms with Gasteiger partial charge in [0.15, 0.2) is 0 Å². The van der Waals surface area contributed by atoms with Crippen LogP contribution in [0.1, 0.15) is 31.4 Å². The normalized spacial score (nSPS) is 18.8. The molecule has 0 aliphatic carbocycles. The maximum atomic E-state index is 12.5. The van der Waals surface area contributed by atoms with Crippen LogP contribution in [0, 0.1) is 0 Å². The van der Waals surface area contributed by atoms with Crippen molar-refractivity contribution in [3.05, 3.63) is 48.0 Å². The lowest BCUT2D eigenvalue weighted by atomic mass is 9.97. The smallest absolute Gasteiger partial charge is 0.307 e. The number of benzene rings is 2. The lowest BCUT2D eigenvalue weighted by molar-refractivity contribution is -0.148. The number of halogens is 3. The Morgan fingerprint density at radius 1 is 1.08 bits per heavy atom. The summed E-state index contributed by atoms with van der Waals surface area (Å²) >= 11 is 0. The van der Waals surface area contributed by atoms with E-state index in [4.69, 9.17) is 0 Å². The Hall–Kier alpha value is -1.59. The third-order valence-electron chi connectivity index (χ3n) is 4.77. The first-order valence-corrected chi connectivity index (χ1v) is 8.45. The highest BCUT2D eigenvalue weighted by molar-refractivity contribution is 5.86. The fourth-order valence-corrected chi connectivity index (χ4v) is 3.58. The summed E-state index contributed by atoms with van der Waals surface area (Å²) in [5.74, 6) is 0. The van der Waals surface area contributed by atoms with Crippen LogP contribution in [0.3, 0.4) is 0 Å². The summed E-state index contributed by atoms with van der Waals surface area (Å²) < 4.78 is 37.4. The van der Waals surface area contributed by atoms with Crippen molar-refractivity contribution in [3.63, 3.8) is 0 Å². The topological polar surface area (TPSA) is 15.3 Å². The van der Waals surface area contributed by atoms with Crippen molar-refractivity contribution < 1.29 is 13.2 Å². The van der Waals surface area contributed by atoms with Crippen molar-refractivity contribution in [2.24, 2.45) is 0 Å². The van der Waals surface area contributed by atoms with Gasteiger partial charge in [0, 0.05) is 12.1 Å². The molecule has 0 spiro atoms. The predicted octanol–water partition coefficient (Wildman–Crippen LogP) is 4.52. The zero-order chi connectivity index (χ0) is 17.2. The third kappa shape index (κ3) is 4.28. The molecule has 130 valence electrons. The Balaban J connectivity index is 1.61. The summed E-state index contributed by atoms with van der Waals surface area (Å²) in [6.45, 7) is 2.33. The van der Waals surface area contributed by atoms with Crippen molar-refractivity contribution in [1.82, 2.24) is 10.2 Å². The Kier molecular flexibility index (Phi) is 5.11. The molecule has 0 amide bonds. The van der Waals surface area contributed by atoms with Crippen LogP contribution in [-0.4, -0.2) is 36.8 Å². The average Bonchev–Trinajstić information content (AvgIpc) is 2.55. The van der Waals surface area contributed by atoms with E-state index in [0.29, 0.717) is 13.1 Å². The SMILES string of the molecule is CC(NC1CCN(CC(F)(F)F)CC1)c1cccc2ccccc12. The van der Waals surface area contributed by atoms with Gasteiger partial charge < -0.3 is 5.32 Å². The van der Waals surface area contributed by atoms with Gasteiger partial charge in [0.1, 0.15) is 0 Å². The lowest BCUT2D eigenvalue weighted by Crippen LogP contribution is -2.46. The molecule has 0 bridgehead atoms. The number of nitrogens with one attached hydrogen (secondary N) is 1. The predicted molar refractivity (Wildman–Crippen MR) is 91.0 cm³/mol. The zero-order valence-electron chi connectivity index (χ0n) is 13.8. The van der Waals surface area contributed by atoms with Crippen LogP contribution >= 0.6 is 0 Å². The molecule has 1 heterocycles. The number of hydrogen-bond donors (Lipinski definition) is 1. The second-order valence-corrected chi connectivity index (χ2v) is 6.62. The molecule has 2 aromatic rings. The van der Waals surface area contributed by atoms with E-state index in [1.165, 1.54) is 21.2 Å². The first kappa shape index (κ1) is 17.2. The molecule has 1 aliphatic heterocycles. The van der Waals surface area contributed by atoms with Crippen LogP contribution in [0.2, 0.25) is 0 Å². The van der Waals surface area contributed by atoms with Gasteiger partial charge in [-0.1, -0.05) is 42.5 Å². The quantitative estimate of drug-likeness (QED) is 0.883. The van der Waals surface area contributed by atoms with Gasteiger partial charge in [-0.2, -0.15) is 13.2 Å². The molecule has 1 aliphatic rings. The van der Waals surface area contributed by atoms with Crippen LogP contribution in [0.5, 0.6) is 0 Å². The zero-order valence-corrected chi connectivity index (χ0v) is 13.8. The molecule has 0 aromatic heterocycles. The number of hydrogen-bond acceptors (Lipinski definition) is 2. The molecule has 0 radical (unpaired) electrons. The van der Waals surface area contributed by atoms with Crippen LogP contribution in [0.25, 0.3) is 10.8 Å². The van der Waals surface area contributed by atoms with E-state index in [-0.39, 0.29) is 12.1 Å². The van der Waals surface area contributed by atoms with Gasteiger partial charge in [-0.05, 0) is 49.2 Å². The van der Waals surface area contributed by atoms with Crippen LogP contribution in [0.4, 0.5) is 13.2 Å². The Labute approximate surface area is 140 Å². The van der Waals surface area contributed by atoms with Gasteiger partial charge >= 0.3 is 6.18 Å². The number of fused-ring (bicyclic) bond motifs is 1. The van der Waals surface area contributed by atoms with Gasteiger partial charge in [-0.15, -0.1) is 0 Å². The Bertz CT molecular complexity index is 670. The highest BCUT2D eigenvalue weighted by atomic mass is 19.4. The van der Waals surface area contributed by atoms with E-state index in [0.717, 1.165) is 12.8 Å². The van der Waals surface area contributed by atoms with Crippen molar-refractivity contribution in [2.75, 3.05) is 19.6 Å². The number of alkyl halides is 3. The first-order chi connectivity index (χ1) is 11.4. The number of nitrogens with zero attached hydrogens (tertiary/aromatic N) is 1. The van der Waals surface area contributed by atoms with E-state index in [1.807, 2.05) is 12.1 Å². The highest BCUT2D eigenvalue weighted by Crippen LogP contribution is 2.26. The summed E-state index contributed by atoms with van der Waals surface area (Å²) in [4.78, 5) is 1.50. The average molecular weight is 336 g/mol. The van der Waals surface area contributed by atoms with E-state index in [1.54, 1.807) is 0 Å². The number of rotatable bonds is 4. The van der Waals surface area contributed by atoms with Crippen molar-refractivity contribution in [3.8, 4) is 0 Å². The Morgan fingerprint density at radius 3 is 2.46 bits per heavy atom. The first-order valence-electron chi connectivity index (χ1n) is 8.45. The molecule has 5 heteroatoms. The number of piperidine rings is 1. The Morgan fingerprint density at radius 2 is 1.75 bits per heavy atom. The van der Waals surface area contributed by atoms with Gasteiger partial charge in [-0.25, -0.2) is 0 Å². The maximum absolute atomic E-state index is 12.5. The molecule has 1 saturated heterocycles. The van der Waals surface area contributed by atoms with E-state index in [9.17, 15) is 13.2 Å². The second-order valence-electron chi connectivity index (χ2n) is 6.62. The summed E-state index contributed by atoms with van der Waals surface area (Å²) in [5.41, 5.74) is 1.24. The van der Waals surface area contributed by atoms with Gasteiger partial charge in [0.2, 0.25) is 0 Å². The molecule has 1 unspecified atom stereocenters. The van der Waals surface area contributed by atoms with Crippen molar-refractivity contribution >= 4 is 10.8 Å². The monoisotopic (exact) mass is 336 g/mol. The molecule has 0 saturated carbocycles. The number of likely N-dealkylation sites (tertiary alicyclic amines) is 1. The van der Waals surface area contributed by atoms with Crippen LogP contribution in [-0.2, 0) is 0 Å². The van der Waals surface area contributed by atoms with Gasteiger partial charge in [0.25, 0.3) is 0 Å².